The van der Waals surface area contributed by atoms with Gasteiger partial charge in [0.25, 0.3) is 11.6 Å². The quantitative estimate of drug-likeness (QED) is 0.432. The number of nitrogens with one attached hydrogen (secondary N) is 1. The van der Waals surface area contributed by atoms with E-state index in [1.54, 1.807) is 32.2 Å². The molecule has 142 valence electrons. The molecule has 0 saturated carbocycles. The van der Waals surface area contributed by atoms with Crippen molar-refractivity contribution >= 4 is 17.3 Å². The lowest BCUT2D eigenvalue weighted by Crippen LogP contribution is -2.25. The lowest BCUT2D eigenvalue weighted by atomic mass is 10.1. The van der Waals surface area contributed by atoms with Gasteiger partial charge in [-0.1, -0.05) is 0 Å². The van der Waals surface area contributed by atoms with Gasteiger partial charge in [-0.2, -0.15) is 5.10 Å². The van der Waals surface area contributed by atoms with E-state index in [4.69, 9.17) is 14.2 Å². The van der Waals surface area contributed by atoms with Gasteiger partial charge in [-0.15, -0.1) is 0 Å². The molecule has 0 aliphatic carbocycles. The van der Waals surface area contributed by atoms with Crippen LogP contribution in [0.2, 0.25) is 0 Å². The Hall–Kier alpha value is -3.62. The van der Waals surface area contributed by atoms with Crippen LogP contribution in [-0.4, -0.2) is 37.4 Å². The molecule has 2 aromatic rings. The summed E-state index contributed by atoms with van der Waals surface area (Å²) in [7, 11) is 3.09. The number of carbonyl (C=O) groups excluding carboxylic acids is 1. The van der Waals surface area contributed by atoms with Gasteiger partial charge in [0.15, 0.2) is 6.61 Å². The van der Waals surface area contributed by atoms with Gasteiger partial charge in [0.2, 0.25) is 0 Å². The van der Waals surface area contributed by atoms with Gasteiger partial charge in [0, 0.05) is 23.8 Å². The van der Waals surface area contributed by atoms with E-state index in [1.807, 2.05) is 0 Å². The molecule has 0 heterocycles. The second-order valence-electron chi connectivity index (χ2n) is 5.34. The van der Waals surface area contributed by atoms with Crippen LogP contribution in [0.5, 0.6) is 17.2 Å². The molecule has 27 heavy (non-hydrogen) atoms. The van der Waals surface area contributed by atoms with E-state index in [1.165, 1.54) is 31.4 Å². The fraction of sp³-hybridized carbons (Fsp3) is 0.222. The first kappa shape index (κ1) is 19.7. The number of ether oxygens (including phenoxy) is 3. The summed E-state index contributed by atoms with van der Waals surface area (Å²) in [5.41, 5.74) is 3.58. The molecule has 2 rings (SSSR count). The molecule has 9 nitrogen and oxygen atoms in total. The molecule has 0 atom stereocenters. The number of hydrazone groups is 1. The van der Waals surface area contributed by atoms with Crippen molar-refractivity contribution in [2.75, 3.05) is 20.8 Å². The van der Waals surface area contributed by atoms with Crippen molar-refractivity contribution in [1.29, 1.82) is 0 Å². The summed E-state index contributed by atoms with van der Waals surface area (Å²) in [6.45, 7) is 1.44. The van der Waals surface area contributed by atoms with Crippen molar-refractivity contribution < 1.29 is 23.9 Å². The predicted octanol–water partition coefficient (Wildman–Crippen LogP) is 2.53. The first-order chi connectivity index (χ1) is 12.9. The Balaban J connectivity index is 1.94. The summed E-state index contributed by atoms with van der Waals surface area (Å²) >= 11 is 0. The summed E-state index contributed by atoms with van der Waals surface area (Å²) in [4.78, 5) is 22.0. The van der Waals surface area contributed by atoms with E-state index in [0.717, 1.165) is 0 Å². The van der Waals surface area contributed by atoms with E-state index in [9.17, 15) is 14.9 Å². The number of hydrogen-bond acceptors (Lipinski definition) is 7. The Labute approximate surface area is 155 Å². The Morgan fingerprint density at radius 3 is 2.37 bits per heavy atom. The first-order valence-corrected chi connectivity index (χ1v) is 7.87. The lowest BCUT2D eigenvalue weighted by molar-refractivity contribution is -0.384. The van der Waals surface area contributed by atoms with Gasteiger partial charge in [0.1, 0.15) is 17.2 Å². The SMILES string of the molecule is COc1ccc(C(C)=NNC(=O)COc2ccc([N+](=O)[O-])cc2)c(OC)c1. The maximum absolute atomic E-state index is 11.9. The molecule has 1 N–H and O–H groups in total. The van der Waals surface area contributed by atoms with Crippen molar-refractivity contribution in [2.45, 2.75) is 6.92 Å². The van der Waals surface area contributed by atoms with Crippen LogP contribution in [0.3, 0.4) is 0 Å². The second-order valence-corrected chi connectivity index (χ2v) is 5.34. The fourth-order valence-electron chi connectivity index (χ4n) is 2.15. The first-order valence-electron chi connectivity index (χ1n) is 7.87. The van der Waals surface area contributed by atoms with Crippen molar-refractivity contribution in [2.24, 2.45) is 5.10 Å². The molecule has 0 aliphatic heterocycles. The van der Waals surface area contributed by atoms with Crippen molar-refractivity contribution in [1.82, 2.24) is 5.43 Å². The van der Waals surface area contributed by atoms with Crippen LogP contribution in [0.1, 0.15) is 12.5 Å². The number of benzene rings is 2. The van der Waals surface area contributed by atoms with Gasteiger partial charge in [-0.05, 0) is 31.2 Å². The van der Waals surface area contributed by atoms with Crippen LogP contribution in [0.15, 0.2) is 47.6 Å². The van der Waals surface area contributed by atoms with Crippen LogP contribution in [0.25, 0.3) is 0 Å². The number of methoxy groups -OCH3 is 2. The van der Waals surface area contributed by atoms with E-state index in [2.05, 4.69) is 10.5 Å². The number of nitrogens with zero attached hydrogens (tertiary/aromatic N) is 2. The molecule has 9 heteroatoms. The Kier molecular flexibility index (Phi) is 6.70. The van der Waals surface area contributed by atoms with E-state index in [-0.39, 0.29) is 12.3 Å². The highest BCUT2D eigenvalue weighted by molar-refractivity contribution is 6.01. The summed E-state index contributed by atoms with van der Waals surface area (Å²) in [5.74, 6) is 1.07. The zero-order valence-electron chi connectivity index (χ0n) is 15.1. The van der Waals surface area contributed by atoms with Gasteiger partial charge in [-0.3, -0.25) is 14.9 Å². The standard InChI is InChI=1S/C18H19N3O6/c1-12(16-9-8-15(25-2)10-17(16)26-3)19-20-18(22)11-27-14-6-4-13(5-7-14)21(23)24/h4-10H,11H2,1-3H3,(H,20,22). The third kappa shape index (κ3) is 5.43. The number of carbonyl (C=O) groups is 1. The topological polar surface area (TPSA) is 112 Å². The summed E-state index contributed by atoms with van der Waals surface area (Å²) < 4.78 is 15.7. The highest BCUT2D eigenvalue weighted by Crippen LogP contribution is 2.25. The Morgan fingerprint density at radius 2 is 1.78 bits per heavy atom. The van der Waals surface area contributed by atoms with Crippen LogP contribution >= 0.6 is 0 Å². The number of hydrogen-bond donors (Lipinski definition) is 1. The van der Waals surface area contributed by atoms with Gasteiger partial charge >= 0.3 is 0 Å². The zero-order valence-corrected chi connectivity index (χ0v) is 15.1. The minimum atomic E-state index is -0.512. The fourth-order valence-corrected chi connectivity index (χ4v) is 2.15. The Morgan fingerprint density at radius 1 is 1.11 bits per heavy atom. The predicted molar refractivity (Wildman–Crippen MR) is 98.5 cm³/mol. The maximum Gasteiger partial charge on any atom is 0.277 e. The average Bonchev–Trinajstić information content (AvgIpc) is 2.70. The molecule has 0 radical (unpaired) electrons. The van der Waals surface area contributed by atoms with Crippen LogP contribution in [0.4, 0.5) is 5.69 Å². The Bertz CT molecular complexity index is 849. The molecule has 0 aromatic heterocycles. The minimum absolute atomic E-state index is 0.0551. The molecule has 0 saturated heterocycles. The molecule has 0 spiro atoms. The largest absolute Gasteiger partial charge is 0.497 e. The highest BCUT2D eigenvalue weighted by Gasteiger charge is 2.10. The second kappa shape index (κ2) is 9.18. The molecule has 0 bridgehead atoms. The summed E-state index contributed by atoms with van der Waals surface area (Å²) in [5, 5.41) is 14.6. The monoisotopic (exact) mass is 373 g/mol. The number of amides is 1. The highest BCUT2D eigenvalue weighted by atomic mass is 16.6. The maximum atomic E-state index is 11.9. The molecule has 0 fully saturated rings. The number of nitro groups is 1. The number of rotatable bonds is 8. The zero-order chi connectivity index (χ0) is 19.8. The number of non-ortho nitro benzene ring substituents is 1. The molecule has 0 unspecified atom stereocenters. The molecule has 0 aliphatic rings. The van der Waals surface area contributed by atoms with Gasteiger partial charge < -0.3 is 14.2 Å². The van der Waals surface area contributed by atoms with E-state index >= 15 is 0 Å². The van der Waals surface area contributed by atoms with Crippen molar-refractivity contribution in [3.05, 3.63) is 58.1 Å². The average molecular weight is 373 g/mol. The smallest absolute Gasteiger partial charge is 0.277 e. The van der Waals surface area contributed by atoms with Gasteiger partial charge in [0.05, 0.1) is 24.9 Å². The molecule has 1 amide bonds. The van der Waals surface area contributed by atoms with Crippen LogP contribution in [-0.2, 0) is 4.79 Å². The lowest BCUT2D eigenvalue weighted by Gasteiger charge is -2.10. The third-order valence-electron chi connectivity index (χ3n) is 3.56. The van der Waals surface area contributed by atoms with Crippen molar-refractivity contribution in [3.63, 3.8) is 0 Å². The van der Waals surface area contributed by atoms with Crippen molar-refractivity contribution in [3.8, 4) is 17.2 Å². The van der Waals surface area contributed by atoms with Crippen LogP contribution in [0, 0.1) is 10.1 Å². The molecular weight excluding hydrogens is 354 g/mol. The normalized spacial score (nSPS) is 10.9. The minimum Gasteiger partial charge on any atom is -0.497 e. The molecular formula is C18H19N3O6. The van der Waals surface area contributed by atoms with E-state index < -0.39 is 10.8 Å². The number of nitro benzene ring substituents is 1. The van der Waals surface area contributed by atoms with E-state index in [0.29, 0.717) is 28.5 Å². The summed E-state index contributed by atoms with van der Waals surface area (Å²) in [6, 6.07) is 10.7. The summed E-state index contributed by atoms with van der Waals surface area (Å²) in [6.07, 6.45) is 0. The van der Waals surface area contributed by atoms with Gasteiger partial charge in [-0.25, -0.2) is 5.43 Å². The molecule has 2 aromatic carbocycles. The van der Waals surface area contributed by atoms with Crippen LogP contribution < -0.4 is 19.6 Å². The third-order valence-corrected chi connectivity index (χ3v) is 3.56.